The summed E-state index contributed by atoms with van der Waals surface area (Å²) in [5.74, 6) is 1.22. The highest BCUT2D eigenvalue weighted by atomic mass is 15.1. The van der Waals surface area contributed by atoms with E-state index in [0.717, 1.165) is 11.9 Å². The van der Waals surface area contributed by atoms with Crippen LogP contribution < -0.4 is 0 Å². The Morgan fingerprint density at radius 3 is 2.75 bits per heavy atom. The van der Waals surface area contributed by atoms with Gasteiger partial charge < -0.3 is 4.57 Å². The van der Waals surface area contributed by atoms with Gasteiger partial charge in [0.15, 0.2) is 0 Å². The normalized spacial score (nSPS) is 11.2. The van der Waals surface area contributed by atoms with Crippen LogP contribution in [0.5, 0.6) is 0 Å². The van der Waals surface area contributed by atoms with E-state index in [-0.39, 0.29) is 0 Å². The first-order chi connectivity index (χ1) is 7.74. The van der Waals surface area contributed by atoms with Gasteiger partial charge in [0.25, 0.3) is 0 Å². The first-order valence-corrected chi connectivity index (χ1v) is 6.15. The van der Waals surface area contributed by atoms with E-state index in [2.05, 4.69) is 43.7 Å². The van der Waals surface area contributed by atoms with Crippen molar-refractivity contribution in [2.75, 3.05) is 0 Å². The molecule has 0 bridgehead atoms. The summed E-state index contributed by atoms with van der Waals surface area (Å²) in [5.41, 5.74) is 3.69. The summed E-state index contributed by atoms with van der Waals surface area (Å²) < 4.78 is 2.23. The number of benzene rings is 1. The van der Waals surface area contributed by atoms with E-state index in [0.29, 0.717) is 0 Å². The van der Waals surface area contributed by atoms with Crippen LogP contribution in [0, 0.1) is 6.92 Å². The zero-order chi connectivity index (χ0) is 11.5. The molecule has 0 amide bonds. The first-order valence-electron chi connectivity index (χ1n) is 6.15. The lowest BCUT2D eigenvalue weighted by molar-refractivity contribution is 0.676. The molecule has 1 aromatic carbocycles. The van der Waals surface area contributed by atoms with Crippen molar-refractivity contribution in [1.29, 1.82) is 0 Å². The van der Waals surface area contributed by atoms with Crippen LogP contribution in [-0.4, -0.2) is 9.55 Å². The second-order valence-electron chi connectivity index (χ2n) is 4.49. The Balaban J connectivity index is 2.33. The van der Waals surface area contributed by atoms with Gasteiger partial charge in [-0.15, -0.1) is 0 Å². The van der Waals surface area contributed by atoms with Gasteiger partial charge in [0.1, 0.15) is 5.82 Å². The van der Waals surface area contributed by atoms with Gasteiger partial charge in [-0.1, -0.05) is 31.9 Å². The molecule has 0 saturated heterocycles. The highest BCUT2D eigenvalue weighted by Gasteiger charge is 2.08. The smallest absolute Gasteiger partial charge is 0.109 e. The summed E-state index contributed by atoms with van der Waals surface area (Å²) in [4.78, 5) is 4.75. The molecule has 2 rings (SSSR count). The van der Waals surface area contributed by atoms with Gasteiger partial charge in [-0.25, -0.2) is 4.98 Å². The summed E-state index contributed by atoms with van der Waals surface area (Å²) in [6.45, 7) is 4.37. The Labute approximate surface area is 97.3 Å². The van der Waals surface area contributed by atoms with Gasteiger partial charge in [-0.05, 0) is 25.0 Å². The Hall–Kier alpha value is -1.31. The molecule has 86 valence electrons. The van der Waals surface area contributed by atoms with Gasteiger partial charge in [0.05, 0.1) is 11.0 Å². The fraction of sp³-hybridized carbons (Fsp3) is 0.500. The largest absolute Gasteiger partial charge is 0.331 e. The number of rotatable bonds is 4. The lowest BCUT2D eigenvalue weighted by atomic mass is 10.2. The number of aryl methyl sites for hydroxylation is 3. The minimum Gasteiger partial charge on any atom is -0.331 e. The molecule has 0 saturated carbocycles. The molecule has 0 aliphatic heterocycles. The minimum atomic E-state index is 1.10. The van der Waals surface area contributed by atoms with E-state index in [9.17, 15) is 0 Å². The molecule has 16 heavy (non-hydrogen) atoms. The molecule has 1 heterocycles. The number of aromatic nitrogens is 2. The van der Waals surface area contributed by atoms with Crippen LogP contribution in [0.25, 0.3) is 11.0 Å². The zero-order valence-electron chi connectivity index (χ0n) is 10.5. The molecule has 0 unspecified atom stereocenters. The third-order valence-electron chi connectivity index (χ3n) is 3.21. The van der Waals surface area contributed by atoms with Crippen LogP contribution in [0.4, 0.5) is 0 Å². The lowest BCUT2D eigenvalue weighted by Gasteiger charge is -2.01. The van der Waals surface area contributed by atoms with Gasteiger partial charge in [0, 0.05) is 13.5 Å². The Bertz CT molecular complexity index is 483. The standard InChI is InChI=1S/C14H20N2/c1-4-5-6-10-13-15-14-11(2)8-7-9-12(14)16(13)3/h7-9H,4-6,10H2,1-3H3. The zero-order valence-corrected chi connectivity index (χ0v) is 10.5. The van der Waals surface area contributed by atoms with E-state index in [4.69, 9.17) is 4.98 Å². The minimum absolute atomic E-state index is 1.10. The Kier molecular flexibility index (Phi) is 3.28. The Morgan fingerprint density at radius 1 is 1.25 bits per heavy atom. The predicted octanol–water partition coefficient (Wildman–Crippen LogP) is 3.61. The second kappa shape index (κ2) is 4.69. The maximum absolute atomic E-state index is 4.75. The van der Waals surface area contributed by atoms with Crippen molar-refractivity contribution < 1.29 is 0 Å². The summed E-state index contributed by atoms with van der Waals surface area (Å²) in [6.07, 6.45) is 4.90. The summed E-state index contributed by atoms with van der Waals surface area (Å²) in [7, 11) is 2.12. The number of fused-ring (bicyclic) bond motifs is 1. The third-order valence-corrected chi connectivity index (χ3v) is 3.21. The van der Waals surface area contributed by atoms with Crippen molar-refractivity contribution >= 4 is 11.0 Å². The molecule has 0 aliphatic rings. The number of imidazole rings is 1. The topological polar surface area (TPSA) is 17.8 Å². The van der Waals surface area contributed by atoms with Crippen LogP contribution in [-0.2, 0) is 13.5 Å². The quantitative estimate of drug-likeness (QED) is 0.714. The van der Waals surface area contributed by atoms with Crippen molar-refractivity contribution in [2.45, 2.75) is 39.5 Å². The maximum atomic E-state index is 4.75. The third kappa shape index (κ3) is 1.97. The van der Waals surface area contributed by atoms with Gasteiger partial charge in [0.2, 0.25) is 0 Å². The van der Waals surface area contributed by atoms with Crippen LogP contribution in [0.3, 0.4) is 0 Å². The van der Waals surface area contributed by atoms with E-state index < -0.39 is 0 Å². The molecular formula is C14H20N2. The van der Waals surface area contributed by atoms with Crippen molar-refractivity contribution in [3.63, 3.8) is 0 Å². The van der Waals surface area contributed by atoms with Gasteiger partial charge >= 0.3 is 0 Å². The number of hydrogen-bond donors (Lipinski definition) is 0. The van der Waals surface area contributed by atoms with Gasteiger partial charge in [-0.3, -0.25) is 0 Å². The van der Waals surface area contributed by atoms with E-state index >= 15 is 0 Å². The average Bonchev–Trinajstić information content (AvgIpc) is 2.59. The average molecular weight is 216 g/mol. The monoisotopic (exact) mass is 216 g/mol. The Morgan fingerprint density at radius 2 is 2.06 bits per heavy atom. The number of para-hydroxylation sites is 1. The van der Waals surface area contributed by atoms with Crippen molar-refractivity contribution in [2.24, 2.45) is 7.05 Å². The lowest BCUT2D eigenvalue weighted by Crippen LogP contribution is -1.97. The van der Waals surface area contributed by atoms with Crippen LogP contribution in [0.1, 0.15) is 37.6 Å². The highest BCUT2D eigenvalue weighted by molar-refractivity contribution is 5.79. The van der Waals surface area contributed by atoms with Gasteiger partial charge in [-0.2, -0.15) is 0 Å². The maximum Gasteiger partial charge on any atom is 0.109 e. The van der Waals surface area contributed by atoms with Crippen LogP contribution in [0.15, 0.2) is 18.2 Å². The molecule has 2 aromatic rings. The molecule has 0 spiro atoms. The summed E-state index contributed by atoms with van der Waals surface area (Å²) in [5, 5.41) is 0. The molecule has 0 atom stereocenters. The number of hydrogen-bond acceptors (Lipinski definition) is 1. The first kappa shape index (κ1) is 11.2. The van der Waals surface area contributed by atoms with Crippen molar-refractivity contribution in [3.05, 3.63) is 29.6 Å². The fourth-order valence-corrected chi connectivity index (χ4v) is 2.16. The van der Waals surface area contributed by atoms with E-state index in [1.54, 1.807) is 0 Å². The molecule has 1 aromatic heterocycles. The summed E-state index contributed by atoms with van der Waals surface area (Å²) in [6, 6.07) is 6.39. The van der Waals surface area contributed by atoms with Crippen molar-refractivity contribution in [1.82, 2.24) is 9.55 Å². The molecule has 0 fully saturated rings. The number of nitrogens with zero attached hydrogens (tertiary/aromatic N) is 2. The molecule has 0 N–H and O–H groups in total. The molecule has 0 aliphatic carbocycles. The van der Waals surface area contributed by atoms with E-state index in [1.807, 2.05) is 0 Å². The molecule has 2 nitrogen and oxygen atoms in total. The SMILES string of the molecule is CCCCCc1nc2c(C)cccc2n1C. The van der Waals surface area contributed by atoms with Crippen molar-refractivity contribution in [3.8, 4) is 0 Å². The molecule has 2 heteroatoms. The predicted molar refractivity (Wildman–Crippen MR) is 68.7 cm³/mol. The van der Waals surface area contributed by atoms with E-state index in [1.165, 1.54) is 36.2 Å². The highest BCUT2D eigenvalue weighted by Crippen LogP contribution is 2.19. The number of unbranched alkanes of at least 4 members (excludes halogenated alkanes) is 2. The fourth-order valence-electron chi connectivity index (χ4n) is 2.16. The molecular weight excluding hydrogens is 196 g/mol. The molecule has 0 radical (unpaired) electrons. The second-order valence-corrected chi connectivity index (χ2v) is 4.49. The van der Waals surface area contributed by atoms with Crippen LogP contribution in [0.2, 0.25) is 0 Å². The summed E-state index contributed by atoms with van der Waals surface area (Å²) >= 11 is 0. The van der Waals surface area contributed by atoms with Crippen LogP contribution >= 0.6 is 0 Å².